The van der Waals surface area contributed by atoms with E-state index in [1.807, 2.05) is 50.2 Å². The van der Waals surface area contributed by atoms with Crippen LogP contribution in [0.4, 0.5) is 0 Å². The number of nitrogens with zero attached hydrogens (tertiary/aromatic N) is 1. The van der Waals surface area contributed by atoms with Crippen molar-refractivity contribution in [2.75, 3.05) is 0 Å². The maximum Gasteiger partial charge on any atom is 0.363 e. The molecule has 0 aromatic heterocycles. The van der Waals surface area contributed by atoms with Gasteiger partial charge in [-0.05, 0) is 61.9 Å². The van der Waals surface area contributed by atoms with Crippen LogP contribution in [0.3, 0.4) is 0 Å². The lowest BCUT2D eigenvalue weighted by atomic mass is 10.1. The lowest BCUT2D eigenvalue weighted by molar-refractivity contribution is -0.129. The molecule has 0 N–H and O–H groups in total. The van der Waals surface area contributed by atoms with E-state index < -0.39 is 11.9 Å². The number of carbonyl (C=O) groups is 2. The molecule has 1 aliphatic rings. The number of rotatable bonds is 4. The molecule has 1 aliphatic heterocycles. The molecule has 0 amide bonds. The highest BCUT2D eigenvalue weighted by Gasteiger charge is 2.24. The third-order valence-corrected chi connectivity index (χ3v) is 4.57. The van der Waals surface area contributed by atoms with Crippen LogP contribution in [0.5, 0.6) is 5.75 Å². The van der Waals surface area contributed by atoms with Crippen LogP contribution in [0.1, 0.15) is 32.6 Å². The molecule has 0 radical (unpaired) electrons. The van der Waals surface area contributed by atoms with Gasteiger partial charge in [-0.15, -0.1) is 0 Å². The van der Waals surface area contributed by atoms with Crippen molar-refractivity contribution in [3.8, 4) is 5.75 Å². The minimum Gasteiger partial charge on any atom is -0.423 e. The monoisotopic (exact) mass is 397 g/mol. The Balaban J connectivity index is 1.48. The van der Waals surface area contributed by atoms with Crippen molar-refractivity contribution < 1.29 is 19.1 Å². The van der Waals surface area contributed by atoms with Crippen LogP contribution < -0.4 is 4.74 Å². The molecule has 30 heavy (non-hydrogen) atoms. The third kappa shape index (κ3) is 4.36. The standard InChI is InChI=1S/C25H19NO4/c1-16-6-10-19(11-7-16)24(27)29-21-12-8-18(9-13-21)15-22-25(28)30-23(26-22)20-5-3-4-17(2)14-20/h3-15H,1-2H3/b22-15-. The summed E-state index contributed by atoms with van der Waals surface area (Å²) in [4.78, 5) is 28.7. The molecule has 1 heterocycles. The predicted octanol–water partition coefficient (Wildman–Crippen LogP) is 4.87. The van der Waals surface area contributed by atoms with E-state index in [0.29, 0.717) is 17.2 Å². The van der Waals surface area contributed by atoms with Crippen molar-refractivity contribution in [3.63, 3.8) is 0 Å². The summed E-state index contributed by atoms with van der Waals surface area (Å²) in [5.74, 6) is -0.214. The molecule has 0 aliphatic carbocycles. The maximum atomic E-state index is 12.2. The SMILES string of the molecule is Cc1ccc(C(=O)Oc2ccc(/C=C3\N=C(c4cccc(C)c4)OC3=O)cc2)cc1. The summed E-state index contributed by atoms with van der Waals surface area (Å²) in [6, 6.07) is 21.6. The number of cyclic esters (lactones) is 1. The summed E-state index contributed by atoms with van der Waals surface area (Å²) >= 11 is 0. The maximum absolute atomic E-state index is 12.2. The molecular weight excluding hydrogens is 378 g/mol. The number of carbonyl (C=O) groups excluding carboxylic acids is 2. The van der Waals surface area contributed by atoms with Crippen molar-refractivity contribution in [2.45, 2.75) is 13.8 Å². The van der Waals surface area contributed by atoms with Gasteiger partial charge in [0.15, 0.2) is 5.70 Å². The van der Waals surface area contributed by atoms with Crippen LogP contribution in [0, 0.1) is 13.8 Å². The Bertz CT molecular complexity index is 1170. The van der Waals surface area contributed by atoms with E-state index in [9.17, 15) is 9.59 Å². The van der Waals surface area contributed by atoms with E-state index in [0.717, 1.165) is 22.3 Å². The van der Waals surface area contributed by atoms with Gasteiger partial charge in [-0.3, -0.25) is 0 Å². The molecule has 0 fully saturated rings. The number of ether oxygens (including phenoxy) is 2. The second-order valence-corrected chi connectivity index (χ2v) is 7.03. The summed E-state index contributed by atoms with van der Waals surface area (Å²) in [5, 5.41) is 0. The Hall–Kier alpha value is -3.99. The average molecular weight is 397 g/mol. The number of aryl methyl sites for hydroxylation is 2. The molecule has 5 nitrogen and oxygen atoms in total. The largest absolute Gasteiger partial charge is 0.423 e. The summed E-state index contributed by atoms with van der Waals surface area (Å²) < 4.78 is 10.7. The highest BCUT2D eigenvalue weighted by Crippen LogP contribution is 2.21. The number of benzene rings is 3. The first-order valence-electron chi connectivity index (χ1n) is 9.46. The Morgan fingerprint density at radius 1 is 0.933 bits per heavy atom. The van der Waals surface area contributed by atoms with Crippen molar-refractivity contribution in [3.05, 3.63) is 106 Å². The molecule has 148 valence electrons. The molecule has 0 atom stereocenters. The fourth-order valence-electron chi connectivity index (χ4n) is 2.96. The Labute approximate surface area is 174 Å². The summed E-state index contributed by atoms with van der Waals surface area (Å²) in [7, 11) is 0. The van der Waals surface area contributed by atoms with Crippen LogP contribution in [-0.4, -0.2) is 17.8 Å². The number of aliphatic imine (C=N–C) groups is 1. The average Bonchev–Trinajstić information content (AvgIpc) is 3.10. The van der Waals surface area contributed by atoms with Crippen molar-refractivity contribution in [1.82, 2.24) is 0 Å². The van der Waals surface area contributed by atoms with Crippen LogP contribution in [0.2, 0.25) is 0 Å². The van der Waals surface area contributed by atoms with E-state index in [-0.39, 0.29) is 5.70 Å². The van der Waals surface area contributed by atoms with E-state index in [1.54, 1.807) is 42.5 Å². The Morgan fingerprint density at radius 3 is 2.37 bits per heavy atom. The second kappa shape index (κ2) is 8.17. The van der Waals surface area contributed by atoms with Gasteiger partial charge in [0, 0.05) is 5.56 Å². The minimum absolute atomic E-state index is 0.218. The van der Waals surface area contributed by atoms with Gasteiger partial charge >= 0.3 is 11.9 Å². The predicted molar refractivity (Wildman–Crippen MR) is 114 cm³/mol. The van der Waals surface area contributed by atoms with Gasteiger partial charge in [-0.2, -0.15) is 0 Å². The highest BCUT2D eigenvalue weighted by molar-refractivity contribution is 6.12. The number of hydrogen-bond acceptors (Lipinski definition) is 5. The van der Waals surface area contributed by atoms with Crippen LogP contribution in [-0.2, 0) is 9.53 Å². The van der Waals surface area contributed by atoms with E-state index in [1.165, 1.54) is 0 Å². The molecule has 3 aromatic rings. The van der Waals surface area contributed by atoms with Crippen molar-refractivity contribution in [1.29, 1.82) is 0 Å². The normalized spacial score (nSPS) is 14.4. The summed E-state index contributed by atoms with van der Waals surface area (Å²) in [5.41, 5.74) is 4.33. The molecule has 0 spiro atoms. The first kappa shape index (κ1) is 19.3. The quantitative estimate of drug-likeness (QED) is 0.358. The Kier molecular flexibility index (Phi) is 5.26. The Morgan fingerprint density at radius 2 is 1.67 bits per heavy atom. The van der Waals surface area contributed by atoms with Crippen LogP contribution in [0.25, 0.3) is 6.08 Å². The molecule has 5 heteroatoms. The topological polar surface area (TPSA) is 65.0 Å². The summed E-state index contributed by atoms with van der Waals surface area (Å²) in [6.07, 6.45) is 1.64. The van der Waals surface area contributed by atoms with Gasteiger partial charge in [0.1, 0.15) is 5.75 Å². The van der Waals surface area contributed by atoms with Crippen LogP contribution >= 0.6 is 0 Å². The minimum atomic E-state index is -0.499. The van der Waals surface area contributed by atoms with Crippen LogP contribution in [0.15, 0.2) is 83.5 Å². The second-order valence-electron chi connectivity index (χ2n) is 7.03. The van der Waals surface area contributed by atoms with Gasteiger partial charge < -0.3 is 9.47 Å². The first-order chi connectivity index (χ1) is 14.5. The first-order valence-corrected chi connectivity index (χ1v) is 9.46. The van der Waals surface area contributed by atoms with Gasteiger partial charge in [-0.1, -0.05) is 47.5 Å². The molecular formula is C25H19NO4. The third-order valence-electron chi connectivity index (χ3n) is 4.57. The highest BCUT2D eigenvalue weighted by atomic mass is 16.6. The number of hydrogen-bond donors (Lipinski definition) is 0. The van der Waals surface area contributed by atoms with Gasteiger partial charge in [-0.25, -0.2) is 14.6 Å². The van der Waals surface area contributed by atoms with E-state index in [4.69, 9.17) is 9.47 Å². The molecule has 0 saturated carbocycles. The molecule has 0 unspecified atom stereocenters. The van der Waals surface area contributed by atoms with E-state index in [2.05, 4.69) is 4.99 Å². The zero-order valence-corrected chi connectivity index (χ0v) is 16.6. The molecule has 4 rings (SSSR count). The van der Waals surface area contributed by atoms with Gasteiger partial charge in [0.05, 0.1) is 5.56 Å². The van der Waals surface area contributed by atoms with Gasteiger partial charge in [0.2, 0.25) is 5.90 Å². The lowest BCUT2D eigenvalue weighted by Crippen LogP contribution is -2.08. The van der Waals surface area contributed by atoms with Gasteiger partial charge in [0.25, 0.3) is 0 Å². The molecule has 3 aromatic carbocycles. The fourth-order valence-corrected chi connectivity index (χ4v) is 2.96. The fraction of sp³-hybridized carbons (Fsp3) is 0.0800. The summed E-state index contributed by atoms with van der Waals surface area (Å²) in [6.45, 7) is 3.92. The van der Waals surface area contributed by atoms with E-state index >= 15 is 0 Å². The zero-order chi connectivity index (χ0) is 21.1. The zero-order valence-electron chi connectivity index (χ0n) is 16.6. The van der Waals surface area contributed by atoms with Crippen molar-refractivity contribution in [2.24, 2.45) is 4.99 Å². The van der Waals surface area contributed by atoms with Crippen molar-refractivity contribution >= 4 is 23.9 Å². The smallest absolute Gasteiger partial charge is 0.363 e. The molecule has 0 saturated heterocycles. The number of esters is 2. The molecule has 0 bridgehead atoms. The lowest BCUT2D eigenvalue weighted by Gasteiger charge is -2.05.